The number of anilines is 2. The van der Waals surface area contributed by atoms with E-state index in [1.54, 1.807) is 36.4 Å². The van der Waals surface area contributed by atoms with Gasteiger partial charge in [0.25, 0.3) is 5.91 Å². The molecule has 0 fully saturated rings. The Labute approximate surface area is 116 Å². The summed E-state index contributed by atoms with van der Waals surface area (Å²) in [6.45, 7) is 3.20. The standard InChI is InChI=1S/C14H14N4O2/c1-9-7-8-13(18-17-9)16-14(20)11-5-3-4-6-12(11)15-10(2)19/h3-8H,1-2H3,(H,15,19)(H,16,18,20). The van der Waals surface area contributed by atoms with Gasteiger partial charge in [-0.1, -0.05) is 12.1 Å². The molecule has 0 spiro atoms. The molecular formula is C14H14N4O2. The van der Waals surface area contributed by atoms with Gasteiger partial charge in [0.2, 0.25) is 5.91 Å². The van der Waals surface area contributed by atoms with Gasteiger partial charge in [0.05, 0.1) is 16.9 Å². The van der Waals surface area contributed by atoms with Gasteiger partial charge in [0, 0.05) is 6.92 Å². The van der Waals surface area contributed by atoms with Gasteiger partial charge >= 0.3 is 0 Å². The molecule has 6 nitrogen and oxygen atoms in total. The molecule has 6 heteroatoms. The molecule has 0 aliphatic carbocycles. The van der Waals surface area contributed by atoms with Gasteiger partial charge in [0.1, 0.15) is 0 Å². The third kappa shape index (κ3) is 3.38. The van der Waals surface area contributed by atoms with Crippen molar-refractivity contribution in [2.45, 2.75) is 13.8 Å². The largest absolute Gasteiger partial charge is 0.326 e. The van der Waals surface area contributed by atoms with Gasteiger partial charge < -0.3 is 10.6 Å². The minimum absolute atomic E-state index is 0.236. The van der Waals surface area contributed by atoms with Crippen LogP contribution in [0.4, 0.5) is 11.5 Å². The highest BCUT2D eigenvalue weighted by molar-refractivity contribution is 6.09. The Balaban J connectivity index is 2.20. The molecule has 0 atom stereocenters. The normalized spacial score (nSPS) is 9.90. The van der Waals surface area contributed by atoms with Crippen molar-refractivity contribution < 1.29 is 9.59 Å². The summed E-state index contributed by atoms with van der Waals surface area (Å²) >= 11 is 0. The second kappa shape index (κ2) is 5.92. The molecule has 1 heterocycles. The number of para-hydroxylation sites is 1. The summed E-state index contributed by atoms with van der Waals surface area (Å²) in [5, 5.41) is 13.0. The number of aryl methyl sites for hydroxylation is 1. The number of hydrogen-bond donors (Lipinski definition) is 2. The zero-order valence-corrected chi connectivity index (χ0v) is 11.2. The van der Waals surface area contributed by atoms with Gasteiger partial charge in [-0.2, -0.15) is 5.10 Å². The lowest BCUT2D eigenvalue weighted by Gasteiger charge is -2.09. The molecule has 1 aromatic carbocycles. The van der Waals surface area contributed by atoms with Crippen molar-refractivity contribution in [1.82, 2.24) is 10.2 Å². The van der Waals surface area contributed by atoms with Gasteiger partial charge in [0.15, 0.2) is 5.82 Å². The van der Waals surface area contributed by atoms with Crippen molar-refractivity contribution in [3.05, 3.63) is 47.7 Å². The van der Waals surface area contributed by atoms with Gasteiger partial charge in [-0.25, -0.2) is 0 Å². The Kier molecular flexibility index (Phi) is 4.05. The molecule has 0 bridgehead atoms. The van der Waals surface area contributed by atoms with Crippen LogP contribution >= 0.6 is 0 Å². The third-order valence-electron chi connectivity index (χ3n) is 2.52. The number of amides is 2. The monoisotopic (exact) mass is 270 g/mol. The van der Waals surface area contributed by atoms with E-state index < -0.39 is 0 Å². The quantitative estimate of drug-likeness (QED) is 0.893. The number of nitrogens with zero attached hydrogens (tertiary/aromatic N) is 2. The lowest BCUT2D eigenvalue weighted by atomic mass is 10.1. The smallest absolute Gasteiger partial charge is 0.258 e. The zero-order valence-electron chi connectivity index (χ0n) is 11.2. The fourth-order valence-electron chi connectivity index (χ4n) is 1.63. The molecule has 0 radical (unpaired) electrons. The average Bonchev–Trinajstić information content (AvgIpc) is 2.41. The molecule has 2 aromatic rings. The Morgan fingerprint density at radius 3 is 2.40 bits per heavy atom. The average molecular weight is 270 g/mol. The van der Waals surface area contributed by atoms with Crippen LogP contribution in [0.3, 0.4) is 0 Å². The van der Waals surface area contributed by atoms with Gasteiger partial charge in [-0.3, -0.25) is 9.59 Å². The number of carbonyl (C=O) groups excluding carboxylic acids is 2. The molecule has 102 valence electrons. The zero-order chi connectivity index (χ0) is 14.5. The molecule has 2 rings (SSSR count). The van der Waals surface area contributed by atoms with E-state index in [-0.39, 0.29) is 11.8 Å². The predicted molar refractivity (Wildman–Crippen MR) is 75.5 cm³/mol. The van der Waals surface area contributed by atoms with E-state index in [2.05, 4.69) is 20.8 Å². The van der Waals surface area contributed by atoms with Gasteiger partial charge in [-0.15, -0.1) is 5.10 Å². The Morgan fingerprint density at radius 2 is 1.75 bits per heavy atom. The summed E-state index contributed by atoms with van der Waals surface area (Å²) in [5.41, 5.74) is 1.59. The number of hydrogen-bond acceptors (Lipinski definition) is 4. The molecule has 2 N–H and O–H groups in total. The fraction of sp³-hybridized carbons (Fsp3) is 0.143. The lowest BCUT2D eigenvalue weighted by molar-refractivity contribution is -0.114. The van der Waals surface area contributed by atoms with E-state index in [1.165, 1.54) is 6.92 Å². The number of rotatable bonds is 3. The van der Waals surface area contributed by atoms with E-state index in [4.69, 9.17) is 0 Å². The SMILES string of the molecule is CC(=O)Nc1ccccc1C(=O)Nc1ccc(C)nn1. The van der Waals surface area contributed by atoms with Crippen molar-refractivity contribution in [3.8, 4) is 0 Å². The fourth-order valence-corrected chi connectivity index (χ4v) is 1.63. The van der Waals surface area contributed by atoms with Crippen molar-refractivity contribution in [3.63, 3.8) is 0 Å². The number of nitrogens with one attached hydrogen (secondary N) is 2. The molecule has 2 amide bonds. The maximum atomic E-state index is 12.2. The van der Waals surface area contributed by atoms with Crippen molar-refractivity contribution in [1.29, 1.82) is 0 Å². The summed E-state index contributed by atoms with van der Waals surface area (Å²) in [5.74, 6) is -0.230. The Hall–Kier alpha value is -2.76. The first-order valence-corrected chi connectivity index (χ1v) is 6.04. The first-order valence-electron chi connectivity index (χ1n) is 6.04. The molecule has 0 saturated carbocycles. The van der Waals surface area contributed by atoms with Crippen LogP contribution in [-0.4, -0.2) is 22.0 Å². The first kappa shape index (κ1) is 13.7. The second-order valence-electron chi connectivity index (χ2n) is 4.24. The van der Waals surface area contributed by atoms with Crippen LogP contribution in [-0.2, 0) is 4.79 Å². The molecule has 0 unspecified atom stereocenters. The van der Waals surface area contributed by atoms with Crippen molar-refractivity contribution >= 4 is 23.3 Å². The summed E-state index contributed by atoms with van der Waals surface area (Å²) in [7, 11) is 0. The molecular weight excluding hydrogens is 256 g/mol. The van der Waals surface area contributed by atoms with Gasteiger partial charge in [-0.05, 0) is 31.2 Å². The number of carbonyl (C=O) groups is 2. The van der Waals surface area contributed by atoms with E-state index in [1.807, 2.05) is 6.92 Å². The van der Waals surface area contributed by atoms with Crippen molar-refractivity contribution in [2.24, 2.45) is 0 Å². The maximum Gasteiger partial charge on any atom is 0.258 e. The minimum Gasteiger partial charge on any atom is -0.326 e. The van der Waals surface area contributed by atoms with E-state index >= 15 is 0 Å². The highest BCUT2D eigenvalue weighted by Gasteiger charge is 2.12. The molecule has 0 saturated heterocycles. The summed E-state index contributed by atoms with van der Waals surface area (Å²) < 4.78 is 0. The van der Waals surface area contributed by atoms with Crippen molar-refractivity contribution in [2.75, 3.05) is 10.6 Å². The highest BCUT2D eigenvalue weighted by atomic mass is 16.2. The summed E-state index contributed by atoms with van der Waals surface area (Å²) in [6.07, 6.45) is 0. The number of benzene rings is 1. The van der Waals surface area contributed by atoms with Crippen LogP contribution in [0.1, 0.15) is 23.0 Å². The van der Waals surface area contributed by atoms with Crippen LogP contribution in [0.5, 0.6) is 0 Å². The molecule has 0 aliphatic heterocycles. The van der Waals surface area contributed by atoms with E-state index in [9.17, 15) is 9.59 Å². The minimum atomic E-state index is -0.354. The van der Waals surface area contributed by atoms with Crippen LogP contribution in [0, 0.1) is 6.92 Å². The van der Waals surface area contributed by atoms with Crippen LogP contribution < -0.4 is 10.6 Å². The number of aromatic nitrogens is 2. The van der Waals surface area contributed by atoms with Crippen LogP contribution in [0.15, 0.2) is 36.4 Å². The predicted octanol–water partition coefficient (Wildman–Crippen LogP) is 2.00. The lowest BCUT2D eigenvalue weighted by Crippen LogP contribution is -2.17. The first-order chi connectivity index (χ1) is 9.56. The second-order valence-corrected chi connectivity index (χ2v) is 4.24. The van der Waals surface area contributed by atoms with Crippen LogP contribution in [0.25, 0.3) is 0 Å². The van der Waals surface area contributed by atoms with E-state index in [0.717, 1.165) is 5.69 Å². The van der Waals surface area contributed by atoms with E-state index in [0.29, 0.717) is 17.1 Å². The summed E-state index contributed by atoms with van der Waals surface area (Å²) in [6, 6.07) is 10.2. The maximum absolute atomic E-state index is 12.2. The Morgan fingerprint density at radius 1 is 1.00 bits per heavy atom. The molecule has 1 aromatic heterocycles. The third-order valence-corrected chi connectivity index (χ3v) is 2.52. The van der Waals surface area contributed by atoms with Crippen LogP contribution in [0.2, 0.25) is 0 Å². The molecule has 20 heavy (non-hydrogen) atoms. The molecule has 0 aliphatic rings. The highest BCUT2D eigenvalue weighted by Crippen LogP contribution is 2.16. The Bertz CT molecular complexity index is 638. The topological polar surface area (TPSA) is 84.0 Å². The summed E-state index contributed by atoms with van der Waals surface area (Å²) in [4.78, 5) is 23.3.